The summed E-state index contributed by atoms with van der Waals surface area (Å²) in [7, 11) is 0. The third-order valence-electron chi connectivity index (χ3n) is 4.92. The number of nitrogens with one attached hydrogen (secondary N) is 1. The van der Waals surface area contributed by atoms with Gasteiger partial charge in [0.1, 0.15) is 10.8 Å². The zero-order valence-electron chi connectivity index (χ0n) is 16.8. The number of hydrogen-bond acceptors (Lipinski definition) is 5. The lowest BCUT2D eigenvalue weighted by molar-refractivity contribution is -0.137. The van der Waals surface area contributed by atoms with E-state index in [0.29, 0.717) is 17.0 Å². The molecule has 0 amide bonds. The first kappa shape index (κ1) is 20.9. The Hall–Kier alpha value is -3.98. The Balaban J connectivity index is 1.35. The van der Waals surface area contributed by atoms with Gasteiger partial charge in [-0.3, -0.25) is 4.79 Å². The number of rotatable bonds is 4. The maximum absolute atomic E-state index is 12.6. The van der Waals surface area contributed by atoms with Gasteiger partial charge in [0.25, 0.3) is 5.56 Å². The highest BCUT2D eigenvalue weighted by molar-refractivity contribution is 7.13. The van der Waals surface area contributed by atoms with Crippen molar-refractivity contribution in [2.75, 3.05) is 0 Å². The lowest BCUT2D eigenvalue weighted by atomic mass is 10.1. The van der Waals surface area contributed by atoms with Gasteiger partial charge in [-0.25, -0.2) is 9.97 Å². The fraction of sp³-hybridized carbons (Fsp3) is 0.0417. The lowest BCUT2D eigenvalue weighted by Gasteiger charge is -2.08. The van der Waals surface area contributed by atoms with Crippen LogP contribution in [-0.2, 0) is 6.18 Å². The molecule has 9 heteroatoms. The van der Waals surface area contributed by atoms with Crippen molar-refractivity contribution in [3.05, 3.63) is 94.2 Å². The number of aromatic nitrogens is 3. The third kappa shape index (κ3) is 4.35. The van der Waals surface area contributed by atoms with Gasteiger partial charge < -0.3 is 9.72 Å². The molecule has 3 heterocycles. The van der Waals surface area contributed by atoms with Gasteiger partial charge in [-0.05, 0) is 47.9 Å². The van der Waals surface area contributed by atoms with E-state index >= 15 is 0 Å². The van der Waals surface area contributed by atoms with Crippen molar-refractivity contribution in [3.63, 3.8) is 0 Å². The second-order valence-corrected chi connectivity index (χ2v) is 8.00. The largest absolute Gasteiger partial charge is 0.439 e. The average Bonchev–Trinajstić information content (AvgIpc) is 3.29. The Bertz CT molecular complexity index is 1490. The van der Waals surface area contributed by atoms with Gasteiger partial charge in [0.05, 0.1) is 16.8 Å². The lowest BCUT2D eigenvalue weighted by Crippen LogP contribution is -2.08. The molecule has 2 aromatic carbocycles. The summed E-state index contributed by atoms with van der Waals surface area (Å²) in [5.74, 6) is 0.483. The van der Waals surface area contributed by atoms with Gasteiger partial charge in [0.2, 0.25) is 5.88 Å². The minimum Gasteiger partial charge on any atom is -0.439 e. The van der Waals surface area contributed by atoms with Crippen LogP contribution in [0.3, 0.4) is 0 Å². The van der Waals surface area contributed by atoms with E-state index < -0.39 is 11.7 Å². The number of benzene rings is 2. The number of H-pyrrole nitrogens is 1. The molecule has 0 saturated carbocycles. The highest BCUT2D eigenvalue weighted by Crippen LogP contribution is 2.32. The van der Waals surface area contributed by atoms with Crippen molar-refractivity contribution < 1.29 is 17.9 Å². The van der Waals surface area contributed by atoms with Crippen LogP contribution < -0.4 is 10.3 Å². The van der Waals surface area contributed by atoms with Crippen molar-refractivity contribution in [2.24, 2.45) is 0 Å². The molecule has 164 valence electrons. The van der Waals surface area contributed by atoms with E-state index in [1.165, 1.54) is 17.4 Å². The number of hydrogen-bond donors (Lipinski definition) is 1. The van der Waals surface area contributed by atoms with E-state index in [1.807, 2.05) is 35.7 Å². The van der Waals surface area contributed by atoms with E-state index in [2.05, 4.69) is 15.0 Å². The summed E-state index contributed by atoms with van der Waals surface area (Å²) in [6.07, 6.45) is -3.72. The van der Waals surface area contributed by atoms with Crippen LogP contribution in [0.1, 0.15) is 5.56 Å². The first-order valence-corrected chi connectivity index (χ1v) is 10.6. The monoisotopic (exact) mass is 465 g/mol. The van der Waals surface area contributed by atoms with Crippen LogP contribution in [0, 0.1) is 0 Å². The molecule has 0 bridgehead atoms. The SMILES string of the molecule is O=c1[nH]c2ccccc2cc1-c1csc(-c2ccc(Oc3ccc(C(F)(F)F)cn3)cc2)n1. The van der Waals surface area contributed by atoms with Gasteiger partial charge >= 0.3 is 6.18 Å². The third-order valence-corrected chi connectivity index (χ3v) is 5.81. The molecular weight excluding hydrogens is 451 g/mol. The molecule has 0 radical (unpaired) electrons. The number of nitrogens with zero attached hydrogens (tertiary/aromatic N) is 2. The van der Waals surface area contributed by atoms with Gasteiger partial charge in [-0.2, -0.15) is 13.2 Å². The maximum atomic E-state index is 12.6. The van der Waals surface area contributed by atoms with Gasteiger partial charge in [0, 0.05) is 28.7 Å². The molecule has 0 saturated heterocycles. The molecular formula is C24H14F3N3O2S. The number of fused-ring (bicyclic) bond motifs is 1. The molecule has 33 heavy (non-hydrogen) atoms. The molecule has 0 spiro atoms. The molecule has 0 aliphatic rings. The van der Waals surface area contributed by atoms with Crippen LogP contribution in [-0.4, -0.2) is 15.0 Å². The fourth-order valence-corrected chi connectivity index (χ4v) is 4.09. The van der Waals surface area contributed by atoms with E-state index in [4.69, 9.17) is 4.74 Å². The molecule has 0 fully saturated rings. The molecule has 3 aromatic heterocycles. The zero-order valence-corrected chi connectivity index (χ0v) is 17.6. The normalized spacial score (nSPS) is 11.6. The Morgan fingerprint density at radius 1 is 0.970 bits per heavy atom. The summed E-state index contributed by atoms with van der Waals surface area (Å²) >= 11 is 1.40. The number of halogens is 3. The molecule has 0 aliphatic carbocycles. The van der Waals surface area contributed by atoms with Crippen LogP contribution in [0.25, 0.3) is 32.7 Å². The van der Waals surface area contributed by atoms with Crippen molar-refractivity contribution in [1.82, 2.24) is 15.0 Å². The second kappa shape index (κ2) is 8.18. The van der Waals surface area contributed by atoms with E-state index in [9.17, 15) is 18.0 Å². The topological polar surface area (TPSA) is 67.9 Å². The Labute approximate surface area is 189 Å². The standard InChI is InChI=1S/C24H14F3N3O2S/c25-24(26,27)16-7-10-21(28-12-16)32-17-8-5-14(6-9-17)23-30-20(13-33-23)18-11-15-3-1-2-4-19(15)29-22(18)31/h1-13H,(H,29,31). The predicted octanol–water partition coefficient (Wildman–Crippen LogP) is 6.52. The van der Waals surface area contributed by atoms with Gasteiger partial charge in [-0.1, -0.05) is 18.2 Å². The molecule has 5 aromatic rings. The number of ether oxygens (including phenoxy) is 1. The Kier molecular flexibility index (Phi) is 5.18. The van der Waals surface area contributed by atoms with Crippen LogP contribution in [0.2, 0.25) is 0 Å². The molecule has 5 nitrogen and oxygen atoms in total. The number of aromatic amines is 1. The zero-order chi connectivity index (χ0) is 23.0. The summed E-state index contributed by atoms with van der Waals surface area (Å²) in [6, 6.07) is 18.4. The highest BCUT2D eigenvalue weighted by atomic mass is 32.1. The van der Waals surface area contributed by atoms with Gasteiger partial charge in [0.15, 0.2) is 0 Å². The summed E-state index contributed by atoms with van der Waals surface area (Å²) in [4.78, 5) is 23.7. The quantitative estimate of drug-likeness (QED) is 0.328. The summed E-state index contributed by atoms with van der Waals surface area (Å²) in [5.41, 5.74) is 1.60. The molecule has 0 aliphatic heterocycles. The van der Waals surface area contributed by atoms with Crippen molar-refractivity contribution in [2.45, 2.75) is 6.18 Å². The van der Waals surface area contributed by atoms with Crippen molar-refractivity contribution in [3.8, 4) is 33.5 Å². The molecule has 0 atom stereocenters. The Morgan fingerprint density at radius 3 is 2.48 bits per heavy atom. The number of pyridine rings is 2. The van der Waals surface area contributed by atoms with Crippen LogP contribution >= 0.6 is 11.3 Å². The van der Waals surface area contributed by atoms with Crippen LogP contribution in [0.5, 0.6) is 11.6 Å². The molecule has 0 unspecified atom stereocenters. The Morgan fingerprint density at radius 2 is 1.76 bits per heavy atom. The minimum absolute atomic E-state index is 0.0582. The minimum atomic E-state index is -4.45. The molecule has 1 N–H and O–H groups in total. The van der Waals surface area contributed by atoms with Gasteiger partial charge in [-0.15, -0.1) is 11.3 Å². The summed E-state index contributed by atoms with van der Waals surface area (Å²) in [5, 5.41) is 3.46. The summed E-state index contributed by atoms with van der Waals surface area (Å²) < 4.78 is 43.5. The van der Waals surface area contributed by atoms with Crippen molar-refractivity contribution in [1.29, 1.82) is 0 Å². The maximum Gasteiger partial charge on any atom is 0.417 e. The number of para-hydroxylation sites is 1. The summed E-state index contributed by atoms with van der Waals surface area (Å²) in [6.45, 7) is 0. The second-order valence-electron chi connectivity index (χ2n) is 7.15. The molecule has 5 rings (SSSR count). The van der Waals surface area contributed by atoms with Crippen LogP contribution in [0.4, 0.5) is 13.2 Å². The smallest absolute Gasteiger partial charge is 0.417 e. The fourth-order valence-electron chi connectivity index (χ4n) is 3.26. The highest BCUT2D eigenvalue weighted by Gasteiger charge is 2.30. The number of alkyl halides is 3. The van der Waals surface area contributed by atoms with Crippen molar-refractivity contribution >= 4 is 22.2 Å². The number of thiazole rings is 1. The first-order chi connectivity index (χ1) is 15.9. The predicted molar refractivity (Wildman–Crippen MR) is 120 cm³/mol. The van der Waals surface area contributed by atoms with E-state index in [1.54, 1.807) is 24.3 Å². The van der Waals surface area contributed by atoms with Crippen LogP contribution in [0.15, 0.2) is 83.1 Å². The first-order valence-electron chi connectivity index (χ1n) is 9.76. The average molecular weight is 465 g/mol. The van der Waals surface area contributed by atoms with E-state index in [-0.39, 0.29) is 11.4 Å². The van der Waals surface area contributed by atoms with E-state index in [0.717, 1.165) is 33.7 Å².